The highest BCUT2D eigenvalue weighted by atomic mass is 16.2. The summed E-state index contributed by atoms with van der Waals surface area (Å²) in [5.74, 6) is -2.72. The molecule has 0 spiro atoms. The number of Topliss-reactive ketones (excluding diaryl/α,β-unsaturated/α-hetero) is 1. The van der Waals surface area contributed by atoms with Gasteiger partial charge in [-0.25, -0.2) is 0 Å². The molecule has 0 saturated carbocycles. The van der Waals surface area contributed by atoms with Crippen LogP contribution in [0.5, 0.6) is 0 Å². The van der Waals surface area contributed by atoms with Crippen LogP contribution in [0.25, 0.3) is 0 Å². The molecule has 0 aliphatic carbocycles. The SMILES string of the molecule is CC(CCC(=O)C(CCCC=O)C(N)=O)C(N)=O. The van der Waals surface area contributed by atoms with Crippen LogP contribution in [0, 0.1) is 11.8 Å². The van der Waals surface area contributed by atoms with Gasteiger partial charge in [-0.15, -0.1) is 0 Å². The number of carbonyl (C=O) groups is 4. The van der Waals surface area contributed by atoms with Crippen LogP contribution < -0.4 is 11.5 Å². The maximum atomic E-state index is 11.8. The Hall–Kier alpha value is -1.72. The van der Waals surface area contributed by atoms with Gasteiger partial charge in [0, 0.05) is 18.8 Å². The Morgan fingerprint density at radius 1 is 1.11 bits per heavy atom. The topological polar surface area (TPSA) is 120 Å². The molecule has 0 aliphatic heterocycles. The molecule has 6 heteroatoms. The molecule has 0 bridgehead atoms. The second-order valence-electron chi connectivity index (χ2n) is 4.36. The molecule has 0 aromatic rings. The molecule has 2 atom stereocenters. The summed E-state index contributed by atoms with van der Waals surface area (Å²) in [5.41, 5.74) is 10.2. The lowest BCUT2D eigenvalue weighted by Crippen LogP contribution is -2.31. The first-order valence-electron chi connectivity index (χ1n) is 5.95. The molecule has 0 aliphatic rings. The van der Waals surface area contributed by atoms with Crippen LogP contribution in [-0.4, -0.2) is 23.9 Å². The predicted molar refractivity (Wildman–Crippen MR) is 65.2 cm³/mol. The van der Waals surface area contributed by atoms with Crippen molar-refractivity contribution in [1.82, 2.24) is 0 Å². The fourth-order valence-electron chi connectivity index (χ4n) is 1.54. The second kappa shape index (κ2) is 8.38. The summed E-state index contributed by atoms with van der Waals surface area (Å²) in [4.78, 5) is 43.9. The molecule has 6 nitrogen and oxygen atoms in total. The minimum atomic E-state index is -0.870. The van der Waals surface area contributed by atoms with E-state index in [1.54, 1.807) is 6.92 Å². The number of carbonyl (C=O) groups excluding carboxylic acids is 4. The Balaban J connectivity index is 4.26. The molecule has 18 heavy (non-hydrogen) atoms. The van der Waals surface area contributed by atoms with E-state index in [1.165, 1.54) is 0 Å². The summed E-state index contributed by atoms with van der Waals surface area (Å²) < 4.78 is 0. The van der Waals surface area contributed by atoms with E-state index in [2.05, 4.69) is 0 Å². The standard InChI is InChI=1S/C12H20N2O4/c1-8(11(13)17)5-6-10(16)9(12(14)18)4-2-3-7-15/h7-9H,2-6H2,1H3,(H2,13,17)(H2,14,18). The first-order chi connectivity index (χ1) is 8.40. The number of ketones is 1. The van der Waals surface area contributed by atoms with Gasteiger partial charge in [-0.05, 0) is 19.3 Å². The van der Waals surface area contributed by atoms with Gasteiger partial charge in [0.05, 0.1) is 5.92 Å². The Morgan fingerprint density at radius 2 is 1.72 bits per heavy atom. The minimum Gasteiger partial charge on any atom is -0.369 e. The van der Waals surface area contributed by atoms with E-state index in [9.17, 15) is 19.2 Å². The lowest BCUT2D eigenvalue weighted by atomic mass is 9.91. The van der Waals surface area contributed by atoms with Crippen molar-refractivity contribution in [3.63, 3.8) is 0 Å². The third-order valence-electron chi connectivity index (χ3n) is 2.86. The maximum absolute atomic E-state index is 11.8. The molecule has 0 saturated heterocycles. The molecule has 2 unspecified atom stereocenters. The Morgan fingerprint density at radius 3 is 2.17 bits per heavy atom. The number of aldehydes is 1. The van der Waals surface area contributed by atoms with Gasteiger partial charge in [-0.1, -0.05) is 6.92 Å². The molecule has 102 valence electrons. The molecule has 0 heterocycles. The number of amides is 2. The van der Waals surface area contributed by atoms with Crippen LogP contribution in [0.2, 0.25) is 0 Å². The van der Waals surface area contributed by atoms with Crippen LogP contribution in [0.1, 0.15) is 39.0 Å². The van der Waals surface area contributed by atoms with Crippen molar-refractivity contribution in [1.29, 1.82) is 0 Å². The minimum absolute atomic E-state index is 0.0960. The largest absolute Gasteiger partial charge is 0.369 e. The number of rotatable bonds is 10. The zero-order chi connectivity index (χ0) is 14.1. The van der Waals surface area contributed by atoms with Gasteiger partial charge in [0.2, 0.25) is 11.8 Å². The maximum Gasteiger partial charge on any atom is 0.227 e. The number of primary amides is 2. The third-order valence-corrected chi connectivity index (χ3v) is 2.86. The molecule has 2 amide bonds. The summed E-state index contributed by atoms with van der Waals surface area (Å²) in [5, 5.41) is 0. The van der Waals surface area contributed by atoms with Crippen LogP contribution >= 0.6 is 0 Å². The van der Waals surface area contributed by atoms with Crippen molar-refractivity contribution in [2.75, 3.05) is 0 Å². The van der Waals surface area contributed by atoms with Crippen LogP contribution in [0.4, 0.5) is 0 Å². The van der Waals surface area contributed by atoms with Gasteiger partial charge < -0.3 is 16.3 Å². The summed E-state index contributed by atoms with van der Waals surface area (Å²) in [6, 6.07) is 0. The molecule has 0 aromatic carbocycles. The van der Waals surface area contributed by atoms with E-state index in [1.807, 2.05) is 0 Å². The zero-order valence-electron chi connectivity index (χ0n) is 10.6. The van der Waals surface area contributed by atoms with Gasteiger partial charge in [0.1, 0.15) is 12.1 Å². The first kappa shape index (κ1) is 16.3. The molecule has 0 fully saturated rings. The van der Waals surface area contributed by atoms with Gasteiger partial charge >= 0.3 is 0 Å². The fourth-order valence-corrected chi connectivity index (χ4v) is 1.54. The highest BCUT2D eigenvalue weighted by molar-refractivity contribution is 6.00. The monoisotopic (exact) mass is 256 g/mol. The molecule has 0 aromatic heterocycles. The lowest BCUT2D eigenvalue weighted by molar-refractivity contribution is -0.132. The van der Waals surface area contributed by atoms with Crippen LogP contribution in [0.15, 0.2) is 0 Å². The van der Waals surface area contributed by atoms with Crippen molar-refractivity contribution < 1.29 is 19.2 Å². The van der Waals surface area contributed by atoms with Crippen LogP contribution in [0.3, 0.4) is 0 Å². The van der Waals surface area contributed by atoms with Gasteiger partial charge in [0.15, 0.2) is 0 Å². The number of nitrogens with two attached hydrogens (primary N) is 2. The summed E-state index contributed by atoms with van der Waals surface area (Å²) in [6.45, 7) is 1.63. The molecular formula is C12H20N2O4. The summed E-state index contributed by atoms with van der Waals surface area (Å²) >= 11 is 0. The summed E-state index contributed by atoms with van der Waals surface area (Å²) in [6.07, 6.45) is 2.17. The average molecular weight is 256 g/mol. The average Bonchev–Trinajstić information content (AvgIpc) is 2.30. The van der Waals surface area contributed by atoms with Gasteiger partial charge in [-0.2, -0.15) is 0 Å². The highest BCUT2D eigenvalue weighted by Crippen LogP contribution is 2.14. The van der Waals surface area contributed by atoms with Crippen molar-refractivity contribution in [3.8, 4) is 0 Å². The zero-order valence-corrected chi connectivity index (χ0v) is 10.6. The quantitative estimate of drug-likeness (QED) is 0.323. The van der Waals surface area contributed by atoms with E-state index in [0.717, 1.165) is 6.29 Å². The fraction of sp³-hybridized carbons (Fsp3) is 0.667. The molecule has 4 N–H and O–H groups in total. The first-order valence-corrected chi connectivity index (χ1v) is 5.95. The van der Waals surface area contributed by atoms with E-state index in [4.69, 9.17) is 11.5 Å². The van der Waals surface area contributed by atoms with Crippen LogP contribution in [-0.2, 0) is 19.2 Å². The van der Waals surface area contributed by atoms with Crippen molar-refractivity contribution in [3.05, 3.63) is 0 Å². The van der Waals surface area contributed by atoms with E-state index in [-0.39, 0.29) is 18.6 Å². The van der Waals surface area contributed by atoms with E-state index < -0.39 is 23.7 Å². The second-order valence-corrected chi connectivity index (χ2v) is 4.36. The molecule has 0 rings (SSSR count). The van der Waals surface area contributed by atoms with E-state index >= 15 is 0 Å². The van der Waals surface area contributed by atoms with Crippen molar-refractivity contribution in [2.24, 2.45) is 23.3 Å². The molecule has 0 radical (unpaired) electrons. The van der Waals surface area contributed by atoms with Crippen molar-refractivity contribution >= 4 is 23.9 Å². The Bertz CT molecular complexity index is 328. The Kier molecular flexibility index (Phi) is 7.58. The normalized spacial score (nSPS) is 13.6. The highest BCUT2D eigenvalue weighted by Gasteiger charge is 2.24. The predicted octanol–water partition coefficient (Wildman–Crippen LogP) is -0.0722. The lowest BCUT2D eigenvalue weighted by Gasteiger charge is -2.12. The van der Waals surface area contributed by atoms with Gasteiger partial charge in [0.25, 0.3) is 0 Å². The number of hydrogen-bond donors (Lipinski definition) is 2. The Labute approximate surface area is 106 Å². The smallest absolute Gasteiger partial charge is 0.227 e. The van der Waals surface area contributed by atoms with E-state index in [0.29, 0.717) is 19.3 Å². The third kappa shape index (κ3) is 6.12. The molecular weight excluding hydrogens is 236 g/mol. The summed E-state index contributed by atoms with van der Waals surface area (Å²) in [7, 11) is 0. The number of hydrogen-bond acceptors (Lipinski definition) is 4. The van der Waals surface area contributed by atoms with Crippen molar-refractivity contribution in [2.45, 2.75) is 39.0 Å². The van der Waals surface area contributed by atoms with Gasteiger partial charge in [-0.3, -0.25) is 14.4 Å². The number of unbranched alkanes of at least 4 members (excludes halogenated alkanes) is 1.